The minimum Gasteiger partial charge on any atom is -0.387 e. The van der Waals surface area contributed by atoms with Crippen LogP contribution in [0.25, 0.3) is 0 Å². The van der Waals surface area contributed by atoms with Crippen LogP contribution >= 0.6 is 0 Å². The quantitative estimate of drug-likeness (QED) is 0.421. The van der Waals surface area contributed by atoms with Crippen molar-refractivity contribution in [3.05, 3.63) is 0 Å². The molecule has 0 aromatic heterocycles. The summed E-state index contributed by atoms with van der Waals surface area (Å²) < 4.78 is 0. The molecule has 1 unspecified atom stereocenters. The zero-order chi connectivity index (χ0) is 9.73. The van der Waals surface area contributed by atoms with Gasteiger partial charge < -0.3 is 20.8 Å². The van der Waals surface area contributed by atoms with Gasteiger partial charge in [-0.25, -0.2) is 0 Å². The van der Waals surface area contributed by atoms with E-state index in [1.807, 2.05) is 0 Å². The van der Waals surface area contributed by atoms with Gasteiger partial charge in [0.2, 0.25) is 5.91 Å². The Morgan fingerprint density at radius 3 is 2.92 bits per heavy atom. The minimum absolute atomic E-state index is 0.208. The second kappa shape index (κ2) is 4.55. The van der Waals surface area contributed by atoms with Gasteiger partial charge in [-0.3, -0.25) is 4.79 Å². The van der Waals surface area contributed by atoms with E-state index in [0.29, 0.717) is 13.0 Å². The minimum atomic E-state index is -0.844. The molecule has 1 rings (SSSR count). The summed E-state index contributed by atoms with van der Waals surface area (Å²) in [6.45, 7) is 1.10. The topological polar surface area (TPSA) is 81.6 Å². The molecule has 1 aliphatic rings. The molecule has 13 heavy (non-hydrogen) atoms. The Morgan fingerprint density at radius 2 is 2.38 bits per heavy atom. The standard InChI is InChI=1S/C8H16N2O3/c11-4-7(12)10-6-8(13)2-1-3-9-5-8/h9,11,13H,1-6H2,(H,10,12). The van der Waals surface area contributed by atoms with Crippen molar-refractivity contribution in [2.45, 2.75) is 18.4 Å². The van der Waals surface area contributed by atoms with Crippen LogP contribution in [0.1, 0.15) is 12.8 Å². The average Bonchev–Trinajstić information content (AvgIpc) is 2.15. The Balaban J connectivity index is 2.28. The predicted octanol–water partition coefficient (Wildman–Crippen LogP) is -1.79. The van der Waals surface area contributed by atoms with E-state index in [0.717, 1.165) is 13.0 Å². The molecule has 0 bridgehead atoms. The summed E-state index contributed by atoms with van der Waals surface area (Å²) in [6.07, 6.45) is 1.59. The lowest BCUT2D eigenvalue weighted by Crippen LogP contribution is -2.53. The summed E-state index contributed by atoms with van der Waals surface area (Å²) in [5.74, 6) is -0.445. The highest BCUT2D eigenvalue weighted by Crippen LogP contribution is 2.14. The number of amides is 1. The summed E-state index contributed by atoms with van der Waals surface area (Å²) in [6, 6.07) is 0. The summed E-state index contributed by atoms with van der Waals surface area (Å²) in [4.78, 5) is 10.7. The van der Waals surface area contributed by atoms with Crippen LogP contribution in [-0.4, -0.2) is 48.0 Å². The Hall–Kier alpha value is -0.650. The van der Waals surface area contributed by atoms with Gasteiger partial charge in [-0.2, -0.15) is 0 Å². The molecule has 4 N–H and O–H groups in total. The second-order valence-electron chi connectivity index (χ2n) is 3.44. The van der Waals surface area contributed by atoms with Crippen molar-refractivity contribution in [3.8, 4) is 0 Å². The Morgan fingerprint density at radius 1 is 1.62 bits per heavy atom. The van der Waals surface area contributed by atoms with Crippen LogP contribution < -0.4 is 10.6 Å². The van der Waals surface area contributed by atoms with Crippen molar-refractivity contribution in [2.24, 2.45) is 0 Å². The highest BCUT2D eigenvalue weighted by Gasteiger charge is 2.29. The normalized spacial score (nSPS) is 28.5. The Kier molecular flexibility index (Phi) is 3.65. The third-order valence-electron chi connectivity index (χ3n) is 2.21. The number of aliphatic hydroxyl groups is 2. The zero-order valence-electron chi connectivity index (χ0n) is 7.55. The maximum atomic E-state index is 10.7. The molecule has 0 aromatic rings. The van der Waals surface area contributed by atoms with Crippen molar-refractivity contribution < 1.29 is 15.0 Å². The van der Waals surface area contributed by atoms with Crippen LogP contribution in [0, 0.1) is 0 Å². The Bertz CT molecular complexity index is 178. The van der Waals surface area contributed by atoms with Gasteiger partial charge in [0.15, 0.2) is 0 Å². The van der Waals surface area contributed by atoms with Gasteiger partial charge >= 0.3 is 0 Å². The highest BCUT2D eigenvalue weighted by atomic mass is 16.3. The lowest BCUT2D eigenvalue weighted by Gasteiger charge is -2.32. The molecule has 1 aliphatic heterocycles. The summed E-state index contributed by atoms with van der Waals surface area (Å²) in [7, 11) is 0. The molecule has 0 saturated carbocycles. The SMILES string of the molecule is O=C(CO)NCC1(O)CCCNC1. The lowest BCUT2D eigenvalue weighted by atomic mass is 9.94. The first kappa shape index (κ1) is 10.4. The van der Waals surface area contributed by atoms with Gasteiger partial charge in [0.25, 0.3) is 0 Å². The summed E-state index contributed by atoms with van der Waals surface area (Å²) in [5, 5.41) is 23.8. The molecule has 1 saturated heterocycles. The smallest absolute Gasteiger partial charge is 0.245 e. The highest BCUT2D eigenvalue weighted by molar-refractivity contribution is 5.76. The van der Waals surface area contributed by atoms with Crippen LogP contribution in [-0.2, 0) is 4.79 Å². The fraction of sp³-hybridized carbons (Fsp3) is 0.875. The van der Waals surface area contributed by atoms with Gasteiger partial charge in [-0.15, -0.1) is 0 Å². The number of carbonyl (C=O) groups excluding carboxylic acids is 1. The summed E-state index contributed by atoms with van der Waals surface area (Å²) >= 11 is 0. The van der Waals surface area contributed by atoms with Crippen molar-refractivity contribution in [1.29, 1.82) is 0 Å². The van der Waals surface area contributed by atoms with Gasteiger partial charge in [0, 0.05) is 13.1 Å². The third-order valence-corrected chi connectivity index (χ3v) is 2.21. The fourth-order valence-corrected chi connectivity index (χ4v) is 1.42. The molecule has 1 heterocycles. The van der Waals surface area contributed by atoms with Crippen LogP contribution in [0.5, 0.6) is 0 Å². The maximum Gasteiger partial charge on any atom is 0.245 e. The number of rotatable bonds is 3. The molecule has 5 nitrogen and oxygen atoms in total. The van der Waals surface area contributed by atoms with E-state index in [1.54, 1.807) is 0 Å². The van der Waals surface area contributed by atoms with E-state index < -0.39 is 18.1 Å². The largest absolute Gasteiger partial charge is 0.387 e. The number of hydrogen-bond donors (Lipinski definition) is 4. The molecule has 76 valence electrons. The number of nitrogens with one attached hydrogen (secondary N) is 2. The molecule has 0 aliphatic carbocycles. The van der Waals surface area contributed by atoms with Gasteiger partial charge in [0.1, 0.15) is 6.61 Å². The molecular weight excluding hydrogens is 172 g/mol. The molecule has 1 atom stereocenters. The molecule has 1 amide bonds. The summed E-state index contributed by atoms with van der Waals surface area (Å²) in [5.41, 5.74) is -0.844. The van der Waals surface area contributed by atoms with Crippen molar-refractivity contribution >= 4 is 5.91 Å². The number of piperidine rings is 1. The monoisotopic (exact) mass is 188 g/mol. The van der Waals surface area contributed by atoms with E-state index in [4.69, 9.17) is 5.11 Å². The number of aliphatic hydroxyl groups excluding tert-OH is 1. The molecule has 1 fully saturated rings. The van der Waals surface area contributed by atoms with Crippen LogP contribution in [0.3, 0.4) is 0 Å². The van der Waals surface area contributed by atoms with E-state index in [9.17, 15) is 9.90 Å². The van der Waals surface area contributed by atoms with Crippen LogP contribution in [0.4, 0.5) is 0 Å². The number of hydrogen-bond acceptors (Lipinski definition) is 4. The Labute approximate surface area is 77.1 Å². The van der Waals surface area contributed by atoms with Crippen molar-refractivity contribution in [3.63, 3.8) is 0 Å². The molecule has 0 radical (unpaired) electrons. The first-order chi connectivity index (χ1) is 6.16. The van der Waals surface area contributed by atoms with E-state index in [2.05, 4.69) is 10.6 Å². The molecule has 5 heteroatoms. The number of carbonyl (C=O) groups is 1. The van der Waals surface area contributed by atoms with Gasteiger partial charge in [-0.05, 0) is 19.4 Å². The molecule has 0 spiro atoms. The fourth-order valence-electron chi connectivity index (χ4n) is 1.42. The van der Waals surface area contributed by atoms with Crippen molar-refractivity contribution in [1.82, 2.24) is 10.6 Å². The second-order valence-corrected chi connectivity index (χ2v) is 3.44. The lowest BCUT2D eigenvalue weighted by molar-refractivity contribution is -0.125. The first-order valence-electron chi connectivity index (χ1n) is 4.47. The third kappa shape index (κ3) is 3.30. The molecule has 0 aromatic carbocycles. The van der Waals surface area contributed by atoms with Crippen molar-refractivity contribution in [2.75, 3.05) is 26.2 Å². The average molecular weight is 188 g/mol. The van der Waals surface area contributed by atoms with Gasteiger partial charge in [-0.1, -0.05) is 0 Å². The predicted molar refractivity (Wildman–Crippen MR) is 47.1 cm³/mol. The van der Waals surface area contributed by atoms with Crippen LogP contribution in [0.15, 0.2) is 0 Å². The molecular formula is C8H16N2O3. The van der Waals surface area contributed by atoms with E-state index >= 15 is 0 Å². The van der Waals surface area contributed by atoms with E-state index in [-0.39, 0.29) is 6.54 Å². The van der Waals surface area contributed by atoms with E-state index in [1.165, 1.54) is 0 Å². The number of β-amino-alcohol motifs (C(OH)–C–C–N with tert-alkyl or cyclic N) is 1. The zero-order valence-corrected chi connectivity index (χ0v) is 7.55. The maximum absolute atomic E-state index is 10.7. The first-order valence-corrected chi connectivity index (χ1v) is 4.47. The van der Waals surface area contributed by atoms with Gasteiger partial charge in [0.05, 0.1) is 5.60 Å². The van der Waals surface area contributed by atoms with Crippen LogP contribution in [0.2, 0.25) is 0 Å².